The third-order valence-corrected chi connectivity index (χ3v) is 4.89. The molecular weight excluding hydrogens is 324 g/mol. The molecule has 3 heterocycles. The Labute approximate surface area is 143 Å². The van der Waals surface area contributed by atoms with Gasteiger partial charge in [0.1, 0.15) is 11.1 Å². The SMILES string of the molecule is c1ccc(Cn2nnnc2CN2CCO[C@@H](c3nccs3)C2)cc1. The highest BCUT2D eigenvalue weighted by atomic mass is 32.1. The lowest BCUT2D eigenvalue weighted by molar-refractivity contribution is -0.0341. The highest BCUT2D eigenvalue weighted by Gasteiger charge is 2.25. The molecule has 0 saturated carbocycles. The molecule has 1 fully saturated rings. The van der Waals surface area contributed by atoms with E-state index in [1.807, 2.05) is 34.5 Å². The van der Waals surface area contributed by atoms with E-state index in [2.05, 4.69) is 37.5 Å². The summed E-state index contributed by atoms with van der Waals surface area (Å²) < 4.78 is 7.71. The molecule has 1 aliphatic rings. The zero-order chi connectivity index (χ0) is 16.2. The molecule has 4 rings (SSSR count). The fourth-order valence-electron chi connectivity index (χ4n) is 2.80. The largest absolute Gasteiger partial charge is 0.368 e. The highest BCUT2D eigenvalue weighted by Crippen LogP contribution is 2.24. The fraction of sp³-hybridized carbons (Fsp3) is 0.375. The predicted octanol–water partition coefficient (Wildman–Crippen LogP) is 1.75. The molecule has 0 unspecified atom stereocenters. The van der Waals surface area contributed by atoms with Gasteiger partial charge in [-0.25, -0.2) is 9.67 Å². The zero-order valence-electron chi connectivity index (χ0n) is 13.2. The van der Waals surface area contributed by atoms with Crippen LogP contribution in [0, 0.1) is 0 Å². The standard InChI is InChI=1S/C16H18N6OS/c1-2-4-13(5-3-1)10-22-15(18-19-20-22)12-21-7-8-23-14(11-21)16-17-6-9-24-16/h1-6,9,14H,7-8,10-12H2/t14-/m1/s1. The zero-order valence-corrected chi connectivity index (χ0v) is 14.0. The Morgan fingerprint density at radius 3 is 2.96 bits per heavy atom. The molecule has 0 radical (unpaired) electrons. The summed E-state index contributed by atoms with van der Waals surface area (Å²) in [6.07, 6.45) is 1.86. The van der Waals surface area contributed by atoms with Crippen LogP contribution in [0.25, 0.3) is 0 Å². The van der Waals surface area contributed by atoms with Crippen molar-refractivity contribution in [3.8, 4) is 0 Å². The van der Waals surface area contributed by atoms with Crippen LogP contribution in [0.3, 0.4) is 0 Å². The fourth-order valence-corrected chi connectivity index (χ4v) is 3.48. The van der Waals surface area contributed by atoms with E-state index in [4.69, 9.17) is 4.74 Å². The van der Waals surface area contributed by atoms with Crippen molar-refractivity contribution in [1.82, 2.24) is 30.1 Å². The van der Waals surface area contributed by atoms with Crippen molar-refractivity contribution in [2.24, 2.45) is 0 Å². The van der Waals surface area contributed by atoms with Gasteiger partial charge in [0.05, 0.1) is 19.7 Å². The van der Waals surface area contributed by atoms with E-state index in [0.717, 1.165) is 23.9 Å². The number of hydrogen-bond donors (Lipinski definition) is 0. The number of ether oxygens (including phenoxy) is 1. The van der Waals surface area contributed by atoms with Gasteiger partial charge in [-0.1, -0.05) is 30.3 Å². The molecule has 8 heteroatoms. The Hall–Kier alpha value is -2.16. The van der Waals surface area contributed by atoms with Crippen LogP contribution in [0.2, 0.25) is 0 Å². The summed E-state index contributed by atoms with van der Waals surface area (Å²) in [6.45, 7) is 3.78. The Bertz CT molecular complexity index is 760. The molecule has 124 valence electrons. The number of aromatic nitrogens is 5. The van der Waals surface area contributed by atoms with Crippen LogP contribution in [0.4, 0.5) is 0 Å². The van der Waals surface area contributed by atoms with Crippen LogP contribution >= 0.6 is 11.3 Å². The number of morpholine rings is 1. The predicted molar refractivity (Wildman–Crippen MR) is 89.4 cm³/mol. The van der Waals surface area contributed by atoms with Crippen LogP contribution < -0.4 is 0 Å². The minimum absolute atomic E-state index is 0.0391. The quantitative estimate of drug-likeness (QED) is 0.704. The third-order valence-electron chi connectivity index (χ3n) is 4.02. The van der Waals surface area contributed by atoms with Crippen molar-refractivity contribution in [2.45, 2.75) is 19.2 Å². The van der Waals surface area contributed by atoms with E-state index in [-0.39, 0.29) is 6.10 Å². The van der Waals surface area contributed by atoms with Crippen LogP contribution in [0.15, 0.2) is 41.9 Å². The Morgan fingerprint density at radius 2 is 2.12 bits per heavy atom. The van der Waals surface area contributed by atoms with Gasteiger partial charge in [0.2, 0.25) is 0 Å². The molecule has 0 spiro atoms. The second kappa shape index (κ2) is 7.16. The van der Waals surface area contributed by atoms with Gasteiger partial charge in [0, 0.05) is 24.7 Å². The summed E-state index contributed by atoms with van der Waals surface area (Å²) in [6, 6.07) is 10.2. The molecule has 3 aromatic rings. The van der Waals surface area contributed by atoms with Gasteiger partial charge in [-0.3, -0.25) is 4.90 Å². The number of thiazole rings is 1. The highest BCUT2D eigenvalue weighted by molar-refractivity contribution is 7.09. The summed E-state index contributed by atoms with van der Waals surface area (Å²) in [5.41, 5.74) is 1.19. The van der Waals surface area contributed by atoms with Gasteiger partial charge >= 0.3 is 0 Å². The Balaban J connectivity index is 1.43. The first-order valence-corrected chi connectivity index (χ1v) is 8.79. The average Bonchev–Trinajstić information content (AvgIpc) is 3.29. The Kier molecular flexibility index (Phi) is 4.59. The van der Waals surface area contributed by atoms with Gasteiger partial charge in [-0.2, -0.15) is 0 Å². The molecule has 1 saturated heterocycles. The second-order valence-electron chi connectivity index (χ2n) is 5.70. The molecule has 1 aromatic carbocycles. The van der Waals surface area contributed by atoms with Crippen molar-refractivity contribution in [2.75, 3.05) is 19.7 Å². The van der Waals surface area contributed by atoms with E-state index in [1.54, 1.807) is 11.3 Å². The van der Waals surface area contributed by atoms with Crippen molar-refractivity contribution in [3.63, 3.8) is 0 Å². The van der Waals surface area contributed by atoms with Crippen LogP contribution in [-0.4, -0.2) is 49.8 Å². The first-order chi connectivity index (χ1) is 11.9. The van der Waals surface area contributed by atoms with Gasteiger partial charge < -0.3 is 4.74 Å². The van der Waals surface area contributed by atoms with E-state index >= 15 is 0 Å². The van der Waals surface area contributed by atoms with Gasteiger partial charge in [0.25, 0.3) is 0 Å². The third kappa shape index (κ3) is 3.50. The van der Waals surface area contributed by atoms with Crippen molar-refractivity contribution < 1.29 is 4.74 Å². The Morgan fingerprint density at radius 1 is 1.21 bits per heavy atom. The number of benzene rings is 1. The van der Waals surface area contributed by atoms with E-state index in [1.165, 1.54) is 5.56 Å². The molecule has 1 atom stereocenters. The van der Waals surface area contributed by atoms with Gasteiger partial charge in [0.15, 0.2) is 5.82 Å². The molecule has 1 aliphatic heterocycles. The van der Waals surface area contributed by atoms with Crippen LogP contribution in [-0.2, 0) is 17.8 Å². The smallest absolute Gasteiger partial charge is 0.165 e. The maximum atomic E-state index is 5.85. The molecule has 0 amide bonds. The van der Waals surface area contributed by atoms with Crippen molar-refractivity contribution in [1.29, 1.82) is 0 Å². The lowest BCUT2D eigenvalue weighted by atomic mass is 10.2. The first-order valence-electron chi connectivity index (χ1n) is 7.91. The monoisotopic (exact) mass is 342 g/mol. The van der Waals surface area contributed by atoms with E-state index < -0.39 is 0 Å². The molecule has 2 aromatic heterocycles. The van der Waals surface area contributed by atoms with Crippen molar-refractivity contribution >= 4 is 11.3 Å². The maximum Gasteiger partial charge on any atom is 0.165 e. The second-order valence-corrected chi connectivity index (χ2v) is 6.63. The molecule has 7 nitrogen and oxygen atoms in total. The number of nitrogens with zero attached hydrogens (tertiary/aromatic N) is 6. The summed E-state index contributed by atoms with van der Waals surface area (Å²) in [7, 11) is 0. The van der Waals surface area contributed by atoms with Gasteiger partial charge in [-0.15, -0.1) is 16.4 Å². The number of rotatable bonds is 5. The van der Waals surface area contributed by atoms with Crippen molar-refractivity contribution in [3.05, 3.63) is 58.3 Å². The number of hydrogen-bond acceptors (Lipinski definition) is 7. The average molecular weight is 342 g/mol. The van der Waals surface area contributed by atoms with E-state index in [9.17, 15) is 0 Å². The molecular formula is C16H18N6OS. The van der Waals surface area contributed by atoms with E-state index in [0.29, 0.717) is 19.7 Å². The van der Waals surface area contributed by atoms with Crippen LogP contribution in [0.1, 0.15) is 22.5 Å². The summed E-state index contributed by atoms with van der Waals surface area (Å²) in [4.78, 5) is 6.69. The lowest BCUT2D eigenvalue weighted by Gasteiger charge is -2.31. The molecule has 24 heavy (non-hydrogen) atoms. The summed E-state index contributed by atoms with van der Waals surface area (Å²) in [5.74, 6) is 0.874. The first kappa shape index (κ1) is 15.4. The van der Waals surface area contributed by atoms with Gasteiger partial charge in [-0.05, 0) is 16.0 Å². The van der Waals surface area contributed by atoms with Crippen LogP contribution in [0.5, 0.6) is 0 Å². The molecule has 0 bridgehead atoms. The lowest BCUT2D eigenvalue weighted by Crippen LogP contribution is -2.38. The minimum Gasteiger partial charge on any atom is -0.368 e. The summed E-state index contributed by atoms with van der Waals surface area (Å²) >= 11 is 1.64. The molecule has 0 N–H and O–H groups in total. The normalized spacial score (nSPS) is 18.8. The topological polar surface area (TPSA) is 69.0 Å². The minimum atomic E-state index is 0.0391. The molecule has 0 aliphatic carbocycles. The maximum absolute atomic E-state index is 5.85. The summed E-state index contributed by atoms with van der Waals surface area (Å²) in [5, 5.41) is 15.2. The number of tetrazole rings is 1.